The monoisotopic (exact) mass is 408 g/mol. The van der Waals surface area contributed by atoms with Crippen LogP contribution in [0, 0.1) is 11.8 Å². The summed E-state index contributed by atoms with van der Waals surface area (Å²) in [5, 5.41) is 2.95. The number of hydrogen-bond donors (Lipinski definition) is 1. The molecule has 2 fully saturated rings. The van der Waals surface area contributed by atoms with Crippen molar-refractivity contribution in [1.82, 2.24) is 4.90 Å². The lowest BCUT2D eigenvalue weighted by molar-refractivity contribution is -0.117. The van der Waals surface area contributed by atoms with Crippen LogP contribution < -0.4 is 14.8 Å². The van der Waals surface area contributed by atoms with Crippen LogP contribution in [0.3, 0.4) is 0 Å². The highest BCUT2D eigenvalue weighted by molar-refractivity contribution is 5.98. The number of benzene rings is 2. The third-order valence-electron chi connectivity index (χ3n) is 6.14. The van der Waals surface area contributed by atoms with Gasteiger partial charge < -0.3 is 19.7 Å². The van der Waals surface area contributed by atoms with E-state index in [9.17, 15) is 9.59 Å². The molecule has 1 aliphatic heterocycles. The second-order valence-electron chi connectivity index (χ2n) is 8.15. The van der Waals surface area contributed by atoms with Crippen LogP contribution in [0.4, 0.5) is 5.69 Å². The minimum absolute atomic E-state index is 0.0359. The molecule has 1 aliphatic carbocycles. The van der Waals surface area contributed by atoms with Crippen molar-refractivity contribution >= 4 is 17.5 Å². The summed E-state index contributed by atoms with van der Waals surface area (Å²) in [4.78, 5) is 27.5. The fraction of sp³-hybridized carbons (Fsp3) is 0.417. The predicted octanol–water partition coefficient (Wildman–Crippen LogP) is 4.28. The maximum absolute atomic E-state index is 13.3. The average Bonchev–Trinajstić information content (AvgIpc) is 3.31. The molecule has 0 bridgehead atoms. The molecular formula is C24H28N2O4. The van der Waals surface area contributed by atoms with Crippen LogP contribution >= 0.6 is 0 Å². The van der Waals surface area contributed by atoms with Crippen LogP contribution in [-0.2, 0) is 4.79 Å². The summed E-state index contributed by atoms with van der Waals surface area (Å²) in [6.45, 7) is 2.76. The van der Waals surface area contributed by atoms with Gasteiger partial charge in [-0.15, -0.1) is 0 Å². The summed E-state index contributed by atoms with van der Waals surface area (Å²) in [5.41, 5.74) is 2.23. The number of carbonyl (C=O) groups is 2. The van der Waals surface area contributed by atoms with Gasteiger partial charge in [-0.25, -0.2) is 0 Å². The molecule has 2 aromatic carbocycles. The van der Waals surface area contributed by atoms with Crippen LogP contribution in [-0.4, -0.2) is 37.5 Å². The molecule has 6 heteroatoms. The first-order valence-electron chi connectivity index (χ1n) is 10.5. The summed E-state index contributed by atoms with van der Waals surface area (Å²) in [6.07, 6.45) is 2.75. The number of nitrogens with one attached hydrogen (secondary N) is 1. The molecule has 1 N–H and O–H groups in total. The standard InChI is InChI=1S/C24H28N2O4/c1-15-12-20(15)23(27)25-17-7-4-6-16(13-17)24(28)26-11-5-8-21(26)19-10-9-18(29-2)14-22(19)30-3/h4,6-7,9-10,13-15,20-21H,5,8,11-12H2,1-3H3,(H,25,27). The molecule has 4 rings (SSSR count). The quantitative estimate of drug-likeness (QED) is 0.775. The van der Waals surface area contributed by atoms with Gasteiger partial charge in [0.1, 0.15) is 11.5 Å². The van der Waals surface area contributed by atoms with Gasteiger partial charge in [0.15, 0.2) is 0 Å². The topological polar surface area (TPSA) is 67.9 Å². The number of likely N-dealkylation sites (tertiary alicyclic amines) is 1. The van der Waals surface area contributed by atoms with Crippen LogP contribution in [0.2, 0.25) is 0 Å². The summed E-state index contributed by atoms with van der Waals surface area (Å²) in [6, 6.07) is 12.9. The second-order valence-corrected chi connectivity index (χ2v) is 8.15. The molecule has 0 radical (unpaired) electrons. The summed E-state index contributed by atoms with van der Waals surface area (Å²) in [7, 11) is 3.25. The third kappa shape index (κ3) is 3.99. The molecule has 6 nitrogen and oxygen atoms in total. The van der Waals surface area contributed by atoms with Crippen molar-refractivity contribution in [3.63, 3.8) is 0 Å². The smallest absolute Gasteiger partial charge is 0.254 e. The molecule has 3 unspecified atom stereocenters. The Bertz CT molecular complexity index is 958. The van der Waals surface area contributed by atoms with E-state index < -0.39 is 0 Å². The van der Waals surface area contributed by atoms with Crippen molar-refractivity contribution in [3.05, 3.63) is 53.6 Å². The molecule has 158 valence electrons. The largest absolute Gasteiger partial charge is 0.497 e. The maximum Gasteiger partial charge on any atom is 0.254 e. The summed E-state index contributed by atoms with van der Waals surface area (Å²) < 4.78 is 10.9. The van der Waals surface area contributed by atoms with Gasteiger partial charge in [0.05, 0.1) is 20.3 Å². The van der Waals surface area contributed by atoms with Gasteiger partial charge in [0, 0.05) is 35.3 Å². The molecular weight excluding hydrogens is 380 g/mol. The summed E-state index contributed by atoms with van der Waals surface area (Å²) in [5.74, 6) is 1.98. The number of anilines is 1. The normalized spacial score (nSPS) is 22.5. The third-order valence-corrected chi connectivity index (χ3v) is 6.14. The minimum Gasteiger partial charge on any atom is -0.497 e. The first-order valence-corrected chi connectivity index (χ1v) is 10.5. The van der Waals surface area contributed by atoms with E-state index in [-0.39, 0.29) is 23.8 Å². The number of nitrogens with zero attached hydrogens (tertiary/aromatic N) is 1. The van der Waals surface area contributed by atoms with Crippen LogP contribution in [0.25, 0.3) is 0 Å². The van der Waals surface area contributed by atoms with Crippen LogP contribution in [0.15, 0.2) is 42.5 Å². The number of ether oxygens (including phenoxy) is 2. The van der Waals surface area contributed by atoms with Crippen LogP contribution in [0.5, 0.6) is 11.5 Å². The molecule has 3 atom stereocenters. The highest BCUT2D eigenvalue weighted by Crippen LogP contribution is 2.40. The molecule has 0 spiro atoms. The van der Waals surface area contributed by atoms with E-state index in [1.165, 1.54) is 0 Å². The number of carbonyl (C=O) groups excluding carboxylic acids is 2. The Labute approximate surface area is 177 Å². The first kappa shape index (κ1) is 20.3. The Balaban J connectivity index is 1.54. The van der Waals surface area contributed by atoms with Gasteiger partial charge >= 0.3 is 0 Å². The van der Waals surface area contributed by atoms with E-state index in [2.05, 4.69) is 12.2 Å². The zero-order chi connectivity index (χ0) is 21.3. The van der Waals surface area contributed by atoms with Crippen LogP contribution in [0.1, 0.15) is 48.1 Å². The summed E-state index contributed by atoms with van der Waals surface area (Å²) >= 11 is 0. The van der Waals surface area contributed by atoms with Gasteiger partial charge in [-0.3, -0.25) is 9.59 Å². The molecule has 30 heavy (non-hydrogen) atoms. The zero-order valence-corrected chi connectivity index (χ0v) is 17.7. The van der Waals surface area contributed by atoms with E-state index in [4.69, 9.17) is 9.47 Å². The Morgan fingerprint density at radius 3 is 2.60 bits per heavy atom. The maximum atomic E-state index is 13.3. The predicted molar refractivity (Wildman–Crippen MR) is 115 cm³/mol. The lowest BCUT2D eigenvalue weighted by atomic mass is 10.0. The highest BCUT2D eigenvalue weighted by atomic mass is 16.5. The Kier molecular flexibility index (Phi) is 5.66. The van der Waals surface area contributed by atoms with Crippen molar-refractivity contribution < 1.29 is 19.1 Å². The number of rotatable bonds is 6. The first-order chi connectivity index (χ1) is 14.5. The van der Waals surface area contributed by atoms with E-state index in [1.54, 1.807) is 26.4 Å². The Hall–Kier alpha value is -3.02. The highest BCUT2D eigenvalue weighted by Gasteiger charge is 2.39. The van der Waals surface area contributed by atoms with Crippen molar-refractivity contribution in [1.29, 1.82) is 0 Å². The molecule has 2 amide bonds. The molecule has 2 aromatic rings. The van der Waals surface area contributed by atoms with Gasteiger partial charge in [0.2, 0.25) is 5.91 Å². The average molecular weight is 408 g/mol. The lowest BCUT2D eigenvalue weighted by Crippen LogP contribution is -2.30. The number of amides is 2. The zero-order valence-electron chi connectivity index (χ0n) is 17.7. The molecule has 0 aromatic heterocycles. The molecule has 2 aliphatic rings. The molecule has 1 saturated heterocycles. The molecule has 1 heterocycles. The Morgan fingerprint density at radius 1 is 1.10 bits per heavy atom. The van der Waals surface area contributed by atoms with E-state index in [0.29, 0.717) is 23.7 Å². The van der Waals surface area contributed by atoms with Crippen molar-refractivity contribution in [2.75, 3.05) is 26.1 Å². The second kappa shape index (κ2) is 8.38. The van der Waals surface area contributed by atoms with Gasteiger partial charge in [-0.1, -0.05) is 13.0 Å². The molecule has 1 saturated carbocycles. The minimum atomic E-state index is -0.0519. The van der Waals surface area contributed by atoms with Gasteiger partial charge in [0.25, 0.3) is 5.91 Å². The van der Waals surface area contributed by atoms with E-state index >= 15 is 0 Å². The van der Waals surface area contributed by atoms with E-state index in [0.717, 1.165) is 36.3 Å². The van der Waals surface area contributed by atoms with Gasteiger partial charge in [-0.05, 0) is 55.5 Å². The fourth-order valence-corrected chi connectivity index (χ4v) is 4.25. The van der Waals surface area contributed by atoms with Crippen molar-refractivity contribution in [2.45, 2.75) is 32.2 Å². The van der Waals surface area contributed by atoms with E-state index in [1.807, 2.05) is 35.2 Å². The Morgan fingerprint density at radius 2 is 1.90 bits per heavy atom. The van der Waals surface area contributed by atoms with Crippen molar-refractivity contribution in [3.8, 4) is 11.5 Å². The van der Waals surface area contributed by atoms with Crippen molar-refractivity contribution in [2.24, 2.45) is 11.8 Å². The lowest BCUT2D eigenvalue weighted by Gasteiger charge is -2.27. The fourth-order valence-electron chi connectivity index (χ4n) is 4.25. The number of hydrogen-bond acceptors (Lipinski definition) is 4. The number of methoxy groups -OCH3 is 2. The van der Waals surface area contributed by atoms with Gasteiger partial charge in [-0.2, -0.15) is 0 Å². The SMILES string of the molecule is COc1ccc(C2CCCN2C(=O)c2cccc(NC(=O)C3CC3C)c2)c(OC)c1.